The van der Waals surface area contributed by atoms with Crippen LogP contribution in [0, 0.1) is 0 Å². The maximum absolute atomic E-state index is 5.57. The Hall–Kier alpha value is -1.69. The number of methoxy groups -OCH3 is 2. The second-order valence-corrected chi connectivity index (χ2v) is 6.46. The van der Waals surface area contributed by atoms with Gasteiger partial charge in [0.2, 0.25) is 0 Å². The molecule has 1 saturated heterocycles. The molecule has 0 aliphatic carbocycles. The minimum Gasteiger partial charge on any atom is -0.497 e. The van der Waals surface area contributed by atoms with E-state index in [2.05, 4.69) is 4.89 Å². The van der Waals surface area contributed by atoms with Gasteiger partial charge in [0.05, 0.1) is 14.2 Å². The smallest absolute Gasteiger partial charge is 0.118 e. The molecule has 19 heavy (non-hydrogen) atoms. The molecule has 0 radical (unpaired) electrons. The SMILES string of the molecule is COc1ccc(S2(c3ccc(OC)cc3)NO2)cc1. The van der Waals surface area contributed by atoms with E-state index in [1.165, 1.54) is 0 Å². The second-order valence-electron chi connectivity index (χ2n) is 4.07. The fourth-order valence-electron chi connectivity index (χ4n) is 1.90. The lowest BCUT2D eigenvalue weighted by atomic mass is 10.3. The van der Waals surface area contributed by atoms with Gasteiger partial charge >= 0.3 is 0 Å². The molecule has 0 spiro atoms. The van der Waals surface area contributed by atoms with Gasteiger partial charge < -0.3 is 9.47 Å². The van der Waals surface area contributed by atoms with Gasteiger partial charge in [0, 0.05) is 20.3 Å². The summed E-state index contributed by atoms with van der Waals surface area (Å²) in [6.45, 7) is 0. The van der Waals surface area contributed by atoms with Gasteiger partial charge in [-0.25, -0.2) is 4.28 Å². The van der Waals surface area contributed by atoms with E-state index < -0.39 is 10.5 Å². The molecule has 100 valence electrons. The van der Waals surface area contributed by atoms with Gasteiger partial charge in [-0.1, -0.05) is 0 Å². The van der Waals surface area contributed by atoms with Crippen LogP contribution in [0.1, 0.15) is 0 Å². The average Bonchev–Trinajstić information content (AvgIpc) is 3.29. The lowest BCUT2D eigenvalue weighted by Gasteiger charge is -2.15. The highest BCUT2D eigenvalue weighted by atomic mass is 32.3. The molecule has 0 aromatic heterocycles. The van der Waals surface area contributed by atoms with Crippen molar-refractivity contribution in [3.8, 4) is 11.5 Å². The molecular formula is C14H15NO3S. The topological polar surface area (TPSA) is 52.9 Å². The van der Waals surface area contributed by atoms with E-state index in [0.29, 0.717) is 0 Å². The predicted octanol–water partition coefficient (Wildman–Crippen LogP) is 3.29. The molecule has 3 rings (SSSR count). The Morgan fingerprint density at radius 3 is 1.42 bits per heavy atom. The fourth-order valence-corrected chi connectivity index (χ4v) is 3.87. The van der Waals surface area contributed by atoms with Crippen LogP contribution in [-0.2, 0) is 4.28 Å². The molecule has 1 aliphatic heterocycles. The Morgan fingerprint density at radius 2 is 1.16 bits per heavy atom. The number of rotatable bonds is 4. The summed E-state index contributed by atoms with van der Waals surface area (Å²) in [5, 5.41) is 0. The fraction of sp³-hybridized carbons (Fsp3) is 0.143. The predicted molar refractivity (Wildman–Crippen MR) is 74.3 cm³/mol. The number of benzene rings is 2. The first-order chi connectivity index (χ1) is 9.28. The standard InChI is InChI=1S/C14H15NO3S/c1-16-11-3-7-13(8-4-11)19(15-18-19)14-9-5-12(17-2)6-10-14/h3-10,15H,1-2H3. The molecule has 0 atom stereocenters. The van der Waals surface area contributed by atoms with E-state index in [9.17, 15) is 0 Å². The van der Waals surface area contributed by atoms with E-state index in [1.807, 2.05) is 48.5 Å². The highest BCUT2D eigenvalue weighted by molar-refractivity contribution is 8.32. The zero-order valence-corrected chi connectivity index (χ0v) is 11.6. The summed E-state index contributed by atoms with van der Waals surface area (Å²) in [7, 11) is 1.82. The van der Waals surface area contributed by atoms with Crippen LogP contribution >= 0.6 is 10.5 Å². The molecule has 0 amide bonds. The third kappa shape index (κ3) is 2.16. The van der Waals surface area contributed by atoms with E-state index in [-0.39, 0.29) is 0 Å². The molecule has 1 aliphatic rings. The summed E-state index contributed by atoms with van der Waals surface area (Å²) < 4.78 is 15.9. The third-order valence-corrected chi connectivity index (χ3v) is 5.40. The van der Waals surface area contributed by atoms with Crippen LogP contribution in [0.5, 0.6) is 11.5 Å². The van der Waals surface area contributed by atoms with Crippen molar-refractivity contribution < 1.29 is 13.8 Å². The van der Waals surface area contributed by atoms with Crippen LogP contribution in [0.2, 0.25) is 0 Å². The minimum atomic E-state index is -1.50. The molecular weight excluding hydrogens is 262 g/mol. The highest BCUT2D eigenvalue weighted by Gasteiger charge is 2.43. The summed E-state index contributed by atoms with van der Waals surface area (Å²) in [6.07, 6.45) is 0. The van der Waals surface area contributed by atoms with Crippen LogP contribution in [0.25, 0.3) is 0 Å². The zero-order chi connectivity index (χ0) is 13.3. The van der Waals surface area contributed by atoms with Gasteiger partial charge in [-0.3, -0.25) is 0 Å². The van der Waals surface area contributed by atoms with Gasteiger partial charge in [-0.15, -0.1) is 4.89 Å². The van der Waals surface area contributed by atoms with Crippen molar-refractivity contribution in [1.29, 1.82) is 0 Å². The lowest BCUT2D eigenvalue weighted by Crippen LogP contribution is -1.91. The minimum absolute atomic E-state index is 0.841. The number of ether oxygens (including phenoxy) is 2. The zero-order valence-electron chi connectivity index (χ0n) is 10.8. The van der Waals surface area contributed by atoms with Gasteiger partial charge in [-0.2, -0.15) is 0 Å². The Balaban J connectivity index is 1.92. The van der Waals surface area contributed by atoms with Gasteiger partial charge in [0.25, 0.3) is 0 Å². The Bertz CT molecular complexity index is 515. The van der Waals surface area contributed by atoms with Gasteiger partial charge in [-0.05, 0) is 48.5 Å². The molecule has 2 aromatic rings. The normalized spacial score (nSPS) is 17.6. The molecule has 2 aromatic carbocycles. The maximum Gasteiger partial charge on any atom is 0.118 e. The summed E-state index contributed by atoms with van der Waals surface area (Å²) in [4.78, 5) is 5.30. The van der Waals surface area contributed by atoms with Crippen LogP contribution < -0.4 is 14.4 Å². The molecule has 0 unspecified atom stereocenters. The Kier molecular flexibility index (Phi) is 3.10. The number of hydrogen-bond donors (Lipinski definition) is 1. The molecule has 1 heterocycles. The second kappa shape index (κ2) is 4.77. The van der Waals surface area contributed by atoms with Crippen LogP contribution in [0.4, 0.5) is 0 Å². The molecule has 0 bridgehead atoms. The average molecular weight is 277 g/mol. The van der Waals surface area contributed by atoms with Crippen molar-refractivity contribution in [2.24, 2.45) is 0 Å². The van der Waals surface area contributed by atoms with Crippen LogP contribution in [-0.4, -0.2) is 14.2 Å². The molecule has 5 heteroatoms. The van der Waals surface area contributed by atoms with Crippen LogP contribution in [0.3, 0.4) is 0 Å². The van der Waals surface area contributed by atoms with E-state index in [0.717, 1.165) is 21.3 Å². The quantitative estimate of drug-likeness (QED) is 0.871. The molecule has 0 saturated carbocycles. The first-order valence-corrected chi connectivity index (χ1v) is 7.41. The van der Waals surface area contributed by atoms with E-state index >= 15 is 0 Å². The maximum atomic E-state index is 5.57. The third-order valence-electron chi connectivity index (χ3n) is 3.03. The van der Waals surface area contributed by atoms with Crippen molar-refractivity contribution in [3.63, 3.8) is 0 Å². The number of nitrogens with one attached hydrogen (secondary N) is 1. The van der Waals surface area contributed by atoms with Crippen molar-refractivity contribution in [1.82, 2.24) is 4.89 Å². The van der Waals surface area contributed by atoms with Crippen LogP contribution in [0.15, 0.2) is 58.3 Å². The largest absolute Gasteiger partial charge is 0.497 e. The lowest BCUT2D eigenvalue weighted by molar-refractivity contribution is 0.414. The van der Waals surface area contributed by atoms with E-state index in [1.54, 1.807) is 14.2 Å². The Labute approximate surface area is 113 Å². The summed E-state index contributed by atoms with van der Waals surface area (Å²) in [5.74, 6) is 1.68. The monoisotopic (exact) mass is 277 g/mol. The van der Waals surface area contributed by atoms with Crippen molar-refractivity contribution >= 4 is 10.5 Å². The van der Waals surface area contributed by atoms with Crippen molar-refractivity contribution in [2.75, 3.05) is 14.2 Å². The van der Waals surface area contributed by atoms with Crippen molar-refractivity contribution in [2.45, 2.75) is 9.79 Å². The molecule has 1 N–H and O–H groups in total. The highest BCUT2D eigenvalue weighted by Crippen LogP contribution is 2.69. The van der Waals surface area contributed by atoms with E-state index in [4.69, 9.17) is 13.8 Å². The first-order valence-electron chi connectivity index (χ1n) is 5.85. The van der Waals surface area contributed by atoms with Gasteiger partial charge in [0.1, 0.15) is 11.5 Å². The Morgan fingerprint density at radius 1 is 0.789 bits per heavy atom. The summed E-state index contributed by atoms with van der Waals surface area (Å²) in [5.41, 5.74) is 0. The van der Waals surface area contributed by atoms with Gasteiger partial charge in [0.15, 0.2) is 0 Å². The first kappa shape index (κ1) is 12.3. The van der Waals surface area contributed by atoms with Crippen molar-refractivity contribution in [3.05, 3.63) is 48.5 Å². The number of hydrogen-bond acceptors (Lipinski definition) is 4. The molecule has 1 fully saturated rings. The summed E-state index contributed by atoms with van der Waals surface area (Å²) in [6, 6.07) is 15.9. The molecule has 4 nitrogen and oxygen atoms in total. The summed E-state index contributed by atoms with van der Waals surface area (Å²) >= 11 is 0.